The van der Waals surface area contributed by atoms with Crippen LogP contribution in [0.1, 0.15) is 30.9 Å². The van der Waals surface area contributed by atoms with Crippen LogP contribution in [0.5, 0.6) is 0 Å². The highest BCUT2D eigenvalue weighted by molar-refractivity contribution is 5.35. The molecule has 1 nitrogen and oxygen atoms in total. The predicted octanol–water partition coefficient (Wildman–Crippen LogP) is 3.17. The van der Waals surface area contributed by atoms with Gasteiger partial charge in [0, 0.05) is 0 Å². The summed E-state index contributed by atoms with van der Waals surface area (Å²) in [7, 11) is 0. The van der Waals surface area contributed by atoms with Crippen LogP contribution in [0.3, 0.4) is 0 Å². The zero-order valence-corrected chi connectivity index (χ0v) is 9.40. The van der Waals surface area contributed by atoms with Crippen molar-refractivity contribution in [1.29, 1.82) is 0 Å². The van der Waals surface area contributed by atoms with Crippen LogP contribution in [0.2, 0.25) is 0 Å². The van der Waals surface area contributed by atoms with Crippen molar-refractivity contribution in [2.45, 2.75) is 32.3 Å². The van der Waals surface area contributed by atoms with Crippen molar-refractivity contribution in [2.24, 2.45) is 5.92 Å². The van der Waals surface area contributed by atoms with Gasteiger partial charge >= 0.3 is 0 Å². The summed E-state index contributed by atoms with van der Waals surface area (Å²) in [5.74, 6) is 0.592. The van der Waals surface area contributed by atoms with Crippen LogP contribution >= 0.6 is 0 Å². The normalized spacial score (nSPS) is 30.5. The molecule has 1 aromatic rings. The number of aliphatic hydroxyl groups is 1. The molecule has 1 N–H and O–H groups in total. The smallest absolute Gasteiger partial charge is 0.108 e. The van der Waals surface area contributed by atoms with Gasteiger partial charge in [-0.3, -0.25) is 0 Å². The fourth-order valence-corrected chi connectivity index (χ4v) is 2.23. The average Bonchev–Trinajstić information content (AvgIpc) is 2.23. The minimum atomic E-state index is -0.738. The summed E-state index contributed by atoms with van der Waals surface area (Å²) in [5, 5.41) is 10.6. The Kier molecular flexibility index (Phi) is 2.66. The van der Waals surface area contributed by atoms with E-state index < -0.39 is 5.60 Å². The SMILES string of the molecule is Cc1ccccc1C1(O)C=CC(C)CC1. The van der Waals surface area contributed by atoms with Crippen LogP contribution in [0.15, 0.2) is 36.4 Å². The lowest BCUT2D eigenvalue weighted by molar-refractivity contribution is 0.0667. The second-order valence-electron chi connectivity index (χ2n) is 4.61. The molecule has 0 radical (unpaired) electrons. The molecule has 0 amide bonds. The molecule has 0 aromatic heterocycles. The van der Waals surface area contributed by atoms with E-state index in [0.29, 0.717) is 5.92 Å². The van der Waals surface area contributed by atoms with Crippen LogP contribution in [0, 0.1) is 12.8 Å². The van der Waals surface area contributed by atoms with Gasteiger partial charge in [0.1, 0.15) is 5.60 Å². The Labute approximate surface area is 91.4 Å². The number of allylic oxidation sites excluding steroid dienone is 1. The third-order valence-electron chi connectivity index (χ3n) is 3.29. The summed E-state index contributed by atoms with van der Waals surface area (Å²) < 4.78 is 0. The molecule has 0 saturated carbocycles. The van der Waals surface area contributed by atoms with Gasteiger partial charge in [-0.25, -0.2) is 0 Å². The third-order valence-corrected chi connectivity index (χ3v) is 3.29. The molecule has 15 heavy (non-hydrogen) atoms. The third kappa shape index (κ3) is 1.98. The van der Waals surface area contributed by atoms with Gasteiger partial charge in [0.25, 0.3) is 0 Å². The van der Waals surface area contributed by atoms with Gasteiger partial charge in [0.15, 0.2) is 0 Å². The standard InChI is InChI=1S/C14H18O/c1-11-7-9-14(15,10-8-11)13-6-4-3-5-12(13)2/h3-7,9,11,15H,8,10H2,1-2H3. The topological polar surface area (TPSA) is 20.2 Å². The maximum absolute atomic E-state index is 10.6. The van der Waals surface area contributed by atoms with E-state index in [1.165, 1.54) is 5.56 Å². The van der Waals surface area contributed by atoms with Gasteiger partial charge < -0.3 is 5.11 Å². The Morgan fingerprint density at radius 3 is 2.67 bits per heavy atom. The Balaban J connectivity index is 2.38. The zero-order chi connectivity index (χ0) is 10.9. The predicted molar refractivity (Wildman–Crippen MR) is 62.6 cm³/mol. The largest absolute Gasteiger partial charge is 0.381 e. The Bertz CT molecular complexity index is 381. The van der Waals surface area contributed by atoms with Crippen molar-refractivity contribution in [3.63, 3.8) is 0 Å². The molecule has 0 heterocycles. The first-order valence-corrected chi connectivity index (χ1v) is 5.60. The van der Waals surface area contributed by atoms with Gasteiger partial charge in [-0.05, 0) is 36.8 Å². The van der Waals surface area contributed by atoms with Crippen LogP contribution in [0.4, 0.5) is 0 Å². The van der Waals surface area contributed by atoms with Crippen molar-refractivity contribution in [1.82, 2.24) is 0 Å². The van der Waals surface area contributed by atoms with E-state index in [-0.39, 0.29) is 0 Å². The zero-order valence-electron chi connectivity index (χ0n) is 9.40. The van der Waals surface area contributed by atoms with Crippen molar-refractivity contribution in [3.05, 3.63) is 47.5 Å². The molecule has 1 aliphatic rings. The number of rotatable bonds is 1. The molecule has 2 rings (SSSR count). The van der Waals surface area contributed by atoms with Crippen LogP contribution in [0.25, 0.3) is 0 Å². The molecule has 1 aromatic carbocycles. The molecule has 0 aliphatic heterocycles. The highest BCUT2D eigenvalue weighted by atomic mass is 16.3. The summed E-state index contributed by atoms with van der Waals surface area (Å²) in [4.78, 5) is 0. The molecule has 1 heteroatoms. The van der Waals surface area contributed by atoms with E-state index in [0.717, 1.165) is 18.4 Å². The molecule has 0 spiro atoms. The van der Waals surface area contributed by atoms with Crippen LogP contribution < -0.4 is 0 Å². The highest BCUT2D eigenvalue weighted by Gasteiger charge is 2.30. The van der Waals surface area contributed by atoms with Crippen molar-refractivity contribution >= 4 is 0 Å². The molecule has 80 valence electrons. The molecular formula is C14H18O. The Hall–Kier alpha value is -1.08. The first-order chi connectivity index (χ1) is 7.12. The molecule has 0 bridgehead atoms. The number of benzene rings is 1. The van der Waals surface area contributed by atoms with Gasteiger partial charge in [-0.15, -0.1) is 0 Å². The van der Waals surface area contributed by atoms with Gasteiger partial charge in [0.05, 0.1) is 0 Å². The van der Waals surface area contributed by atoms with E-state index in [1.807, 2.05) is 24.3 Å². The van der Waals surface area contributed by atoms with Crippen molar-refractivity contribution in [3.8, 4) is 0 Å². The second kappa shape index (κ2) is 3.82. The molecular weight excluding hydrogens is 184 g/mol. The summed E-state index contributed by atoms with van der Waals surface area (Å²) in [6.07, 6.45) is 5.97. The number of hydrogen-bond acceptors (Lipinski definition) is 1. The minimum Gasteiger partial charge on any atom is -0.381 e. The molecule has 0 saturated heterocycles. The van der Waals surface area contributed by atoms with E-state index in [1.54, 1.807) is 0 Å². The van der Waals surface area contributed by atoms with Crippen LogP contribution in [-0.4, -0.2) is 5.11 Å². The van der Waals surface area contributed by atoms with Gasteiger partial charge in [0.2, 0.25) is 0 Å². The summed E-state index contributed by atoms with van der Waals surface area (Å²) in [6, 6.07) is 8.08. The van der Waals surface area contributed by atoms with Crippen molar-refractivity contribution < 1.29 is 5.11 Å². The van der Waals surface area contributed by atoms with E-state index in [9.17, 15) is 5.11 Å². The lowest BCUT2D eigenvalue weighted by Gasteiger charge is -2.31. The Morgan fingerprint density at radius 1 is 1.33 bits per heavy atom. The fraction of sp³-hybridized carbons (Fsp3) is 0.429. The van der Waals surface area contributed by atoms with Crippen LogP contribution in [-0.2, 0) is 5.60 Å². The quantitative estimate of drug-likeness (QED) is 0.693. The molecule has 1 aliphatic carbocycles. The van der Waals surface area contributed by atoms with Gasteiger partial charge in [-0.2, -0.15) is 0 Å². The lowest BCUT2D eigenvalue weighted by atomic mass is 9.80. The fourth-order valence-electron chi connectivity index (χ4n) is 2.23. The first-order valence-electron chi connectivity index (χ1n) is 5.60. The molecule has 2 atom stereocenters. The van der Waals surface area contributed by atoms with E-state index >= 15 is 0 Å². The van der Waals surface area contributed by atoms with E-state index in [4.69, 9.17) is 0 Å². The molecule has 2 unspecified atom stereocenters. The summed E-state index contributed by atoms with van der Waals surface area (Å²) in [5.41, 5.74) is 1.48. The molecule has 0 fully saturated rings. The highest BCUT2D eigenvalue weighted by Crippen LogP contribution is 2.35. The number of aryl methyl sites for hydroxylation is 1. The monoisotopic (exact) mass is 202 g/mol. The summed E-state index contributed by atoms with van der Waals surface area (Å²) in [6.45, 7) is 4.24. The minimum absolute atomic E-state index is 0.592. The maximum Gasteiger partial charge on any atom is 0.108 e. The lowest BCUT2D eigenvalue weighted by Crippen LogP contribution is -2.27. The number of hydrogen-bond donors (Lipinski definition) is 1. The van der Waals surface area contributed by atoms with Crippen molar-refractivity contribution in [2.75, 3.05) is 0 Å². The second-order valence-corrected chi connectivity index (χ2v) is 4.61. The Morgan fingerprint density at radius 2 is 2.07 bits per heavy atom. The maximum atomic E-state index is 10.6. The van der Waals surface area contributed by atoms with Gasteiger partial charge in [-0.1, -0.05) is 43.3 Å². The van der Waals surface area contributed by atoms with E-state index in [2.05, 4.69) is 26.0 Å². The summed E-state index contributed by atoms with van der Waals surface area (Å²) >= 11 is 0. The average molecular weight is 202 g/mol. The first kappa shape index (κ1) is 10.4.